The van der Waals surface area contributed by atoms with E-state index in [9.17, 15) is 4.79 Å². The lowest BCUT2D eigenvalue weighted by molar-refractivity contribution is 0.0952. The minimum absolute atomic E-state index is 0.215. The van der Waals surface area contributed by atoms with E-state index >= 15 is 4.39 Å². The van der Waals surface area contributed by atoms with Crippen LogP contribution >= 0.6 is 0 Å². The first kappa shape index (κ1) is 21.7. The Balaban J connectivity index is 1.47. The van der Waals surface area contributed by atoms with Crippen LogP contribution < -0.4 is 4.74 Å². The van der Waals surface area contributed by atoms with E-state index in [1.165, 1.54) is 12.3 Å². The number of ether oxygens (including phenoxy) is 1. The molecule has 0 bridgehead atoms. The third-order valence-electron chi connectivity index (χ3n) is 5.71. The van der Waals surface area contributed by atoms with Crippen LogP contribution in [0.4, 0.5) is 4.39 Å². The highest BCUT2D eigenvalue weighted by atomic mass is 19.1. The molecule has 0 spiro atoms. The maximum absolute atomic E-state index is 15.3. The molecule has 8 nitrogen and oxygen atoms in total. The Morgan fingerprint density at radius 1 is 1.06 bits per heavy atom. The van der Waals surface area contributed by atoms with Gasteiger partial charge in [0.2, 0.25) is 5.78 Å². The van der Waals surface area contributed by atoms with Gasteiger partial charge in [0, 0.05) is 29.3 Å². The number of carbonyl (C=O) groups is 1. The van der Waals surface area contributed by atoms with E-state index in [0.29, 0.717) is 29.4 Å². The quantitative estimate of drug-likeness (QED) is 0.441. The summed E-state index contributed by atoms with van der Waals surface area (Å²) in [4.78, 5) is 28.4. The van der Waals surface area contributed by atoms with Gasteiger partial charge in [-0.3, -0.25) is 14.4 Å². The summed E-state index contributed by atoms with van der Waals surface area (Å²) in [5, 5.41) is 0. The summed E-state index contributed by atoms with van der Waals surface area (Å²) >= 11 is 0. The van der Waals surface area contributed by atoms with Crippen molar-refractivity contribution in [1.82, 2.24) is 24.0 Å². The molecule has 1 aliphatic rings. The van der Waals surface area contributed by atoms with Crippen molar-refractivity contribution in [1.29, 1.82) is 0 Å². The molecule has 9 heteroatoms. The van der Waals surface area contributed by atoms with Gasteiger partial charge in [-0.2, -0.15) is 0 Å². The van der Waals surface area contributed by atoms with Crippen LogP contribution in [0.1, 0.15) is 33.6 Å². The van der Waals surface area contributed by atoms with Gasteiger partial charge >= 0.3 is 0 Å². The average Bonchev–Trinajstić information content (AvgIpc) is 3.47. The van der Waals surface area contributed by atoms with Gasteiger partial charge in [-0.05, 0) is 50.5 Å². The molecule has 0 saturated carbocycles. The highest BCUT2D eigenvalue weighted by molar-refractivity contribution is 6.08. The predicted molar refractivity (Wildman–Crippen MR) is 126 cm³/mol. The fourth-order valence-electron chi connectivity index (χ4n) is 4.06. The van der Waals surface area contributed by atoms with Crippen molar-refractivity contribution in [2.45, 2.75) is 12.6 Å². The van der Waals surface area contributed by atoms with Gasteiger partial charge in [0.25, 0.3) is 0 Å². The molecule has 1 atom stereocenters. The van der Waals surface area contributed by atoms with Crippen LogP contribution in [-0.2, 0) is 6.54 Å². The number of ketones is 1. The van der Waals surface area contributed by atoms with Crippen LogP contribution in [0.2, 0.25) is 0 Å². The number of benzene rings is 2. The number of hydrogen-bond donors (Lipinski definition) is 0. The molecule has 0 N–H and O–H groups in total. The molecule has 1 unspecified atom stereocenters. The summed E-state index contributed by atoms with van der Waals surface area (Å²) in [7, 11) is 5.48. The van der Waals surface area contributed by atoms with Crippen molar-refractivity contribution < 1.29 is 13.9 Å². The lowest BCUT2D eigenvalue weighted by atomic mass is 9.97. The van der Waals surface area contributed by atoms with Gasteiger partial charge in [-0.15, -0.1) is 0 Å². The molecule has 2 aromatic heterocycles. The number of halogens is 1. The summed E-state index contributed by atoms with van der Waals surface area (Å²) in [6, 6.07) is 11.1. The molecule has 0 aliphatic carbocycles. The summed E-state index contributed by atoms with van der Waals surface area (Å²) in [6.45, 7) is 0.611. The molecule has 1 aliphatic heterocycles. The number of carbonyl (C=O) groups excluding carboxylic acids is 1. The van der Waals surface area contributed by atoms with Crippen LogP contribution in [-0.4, -0.2) is 57.2 Å². The zero-order chi connectivity index (χ0) is 23.8. The Labute approximate surface area is 196 Å². The molecule has 3 heterocycles. The molecule has 0 radical (unpaired) electrons. The van der Waals surface area contributed by atoms with Gasteiger partial charge in [0.05, 0.1) is 19.9 Å². The number of methoxy groups -OCH3 is 1. The first-order valence-corrected chi connectivity index (χ1v) is 10.7. The molecule has 4 aromatic rings. The van der Waals surface area contributed by atoms with E-state index in [4.69, 9.17) is 4.74 Å². The number of hydrogen-bond acceptors (Lipinski definition) is 6. The second kappa shape index (κ2) is 8.68. The Kier molecular flexibility index (Phi) is 5.54. The van der Waals surface area contributed by atoms with Crippen LogP contribution in [0.5, 0.6) is 5.75 Å². The summed E-state index contributed by atoms with van der Waals surface area (Å²) < 4.78 is 24.0. The van der Waals surface area contributed by atoms with Crippen LogP contribution in [0, 0.1) is 5.82 Å². The Bertz CT molecular complexity index is 1390. The van der Waals surface area contributed by atoms with Crippen molar-refractivity contribution in [2.24, 2.45) is 4.99 Å². The number of rotatable bonds is 6. The molecule has 172 valence electrons. The van der Waals surface area contributed by atoms with Gasteiger partial charge in [0.15, 0.2) is 0 Å². The minimum Gasteiger partial charge on any atom is -0.497 e. The average molecular weight is 458 g/mol. The summed E-state index contributed by atoms with van der Waals surface area (Å²) in [5.74, 6) is 0.680. The largest absolute Gasteiger partial charge is 0.497 e. The fraction of sp³-hybridized carbons (Fsp3) is 0.200. The molecular formula is C25H23FN6O2. The second-order valence-corrected chi connectivity index (χ2v) is 8.25. The zero-order valence-electron chi connectivity index (χ0n) is 19.0. The van der Waals surface area contributed by atoms with Crippen LogP contribution in [0.3, 0.4) is 0 Å². The summed E-state index contributed by atoms with van der Waals surface area (Å²) in [5.41, 5.74) is 2.43. The molecule has 0 saturated heterocycles. The molecule has 0 amide bonds. The normalized spacial score (nSPS) is 15.1. The fourth-order valence-corrected chi connectivity index (χ4v) is 4.06. The second-order valence-electron chi connectivity index (χ2n) is 8.25. The zero-order valence-corrected chi connectivity index (χ0v) is 19.0. The van der Waals surface area contributed by atoms with E-state index in [1.807, 2.05) is 35.7 Å². The topological polar surface area (TPSA) is 77.5 Å². The molecule has 0 fully saturated rings. The van der Waals surface area contributed by atoms with Crippen molar-refractivity contribution >= 4 is 12.0 Å². The van der Waals surface area contributed by atoms with Gasteiger partial charge < -0.3 is 14.2 Å². The lowest BCUT2D eigenvalue weighted by Gasteiger charge is -2.19. The molecule has 2 aromatic carbocycles. The first-order valence-electron chi connectivity index (χ1n) is 10.7. The number of aromatic nitrogens is 4. The number of fused-ring (bicyclic) bond motifs is 1. The Morgan fingerprint density at radius 3 is 2.53 bits per heavy atom. The Morgan fingerprint density at radius 2 is 1.82 bits per heavy atom. The monoisotopic (exact) mass is 458 g/mol. The maximum atomic E-state index is 15.3. The van der Waals surface area contributed by atoms with Crippen molar-refractivity contribution in [3.63, 3.8) is 0 Å². The van der Waals surface area contributed by atoms with Gasteiger partial charge in [-0.1, -0.05) is 6.07 Å². The SMILES string of the molecule is COc1ccc(-n2cnc3c2C(=O)C(c2ccc(-n4ccnc4CN(C)C)cc2F)N=C3)cc1. The lowest BCUT2D eigenvalue weighted by Crippen LogP contribution is -2.21. The van der Waals surface area contributed by atoms with E-state index < -0.39 is 11.9 Å². The van der Waals surface area contributed by atoms with Gasteiger partial charge in [0.1, 0.15) is 41.1 Å². The number of aliphatic imine (C=N–C) groups is 1. The van der Waals surface area contributed by atoms with Crippen LogP contribution in [0.25, 0.3) is 11.4 Å². The number of nitrogens with zero attached hydrogens (tertiary/aromatic N) is 6. The number of Topliss-reactive ketones (excluding diaryl/α,β-unsaturated/α-hetero) is 1. The van der Waals surface area contributed by atoms with E-state index in [2.05, 4.69) is 15.0 Å². The molecule has 34 heavy (non-hydrogen) atoms. The van der Waals surface area contributed by atoms with Crippen molar-refractivity contribution in [3.8, 4) is 17.1 Å². The van der Waals surface area contributed by atoms with E-state index in [0.717, 1.165) is 11.5 Å². The number of imidazole rings is 2. The minimum atomic E-state index is -0.987. The van der Waals surface area contributed by atoms with Crippen molar-refractivity contribution in [3.05, 3.63) is 89.8 Å². The van der Waals surface area contributed by atoms with E-state index in [1.54, 1.807) is 54.7 Å². The third kappa shape index (κ3) is 3.80. The first-order chi connectivity index (χ1) is 16.5. The van der Waals surface area contributed by atoms with E-state index in [-0.39, 0.29) is 11.3 Å². The third-order valence-corrected chi connectivity index (χ3v) is 5.71. The standard InChI is InChI=1S/C25H23FN6O2/c1-30(2)14-22-27-10-11-31(22)17-6-9-19(20(26)12-17)23-25(33)24-21(13-28-23)29-15-32(24)16-4-7-18(34-3)8-5-16/h4-13,15,23H,14H2,1-3H3. The highest BCUT2D eigenvalue weighted by Gasteiger charge is 2.32. The van der Waals surface area contributed by atoms with Gasteiger partial charge in [-0.25, -0.2) is 14.4 Å². The molecule has 5 rings (SSSR count). The molecular weight excluding hydrogens is 435 g/mol. The van der Waals surface area contributed by atoms with Crippen molar-refractivity contribution in [2.75, 3.05) is 21.2 Å². The van der Waals surface area contributed by atoms with Crippen LogP contribution in [0.15, 0.2) is 66.2 Å². The maximum Gasteiger partial charge on any atom is 0.210 e. The highest BCUT2D eigenvalue weighted by Crippen LogP contribution is 2.31. The smallest absolute Gasteiger partial charge is 0.210 e. The predicted octanol–water partition coefficient (Wildman–Crippen LogP) is 3.62. The summed E-state index contributed by atoms with van der Waals surface area (Å²) in [6.07, 6.45) is 6.57. The Hall–Kier alpha value is -4.11.